The van der Waals surface area contributed by atoms with Crippen molar-refractivity contribution in [2.24, 2.45) is 0 Å². The molecule has 2 aromatic carbocycles. The monoisotopic (exact) mass is 383 g/mol. The van der Waals surface area contributed by atoms with Crippen molar-refractivity contribution in [2.75, 3.05) is 5.32 Å². The Hall–Kier alpha value is -3.55. The van der Waals surface area contributed by atoms with Gasteiger partial charge in [-0.3, -0.25) is 9.78 Å². The van der Waals surface area contributed by atoms with Crippen LogP contribution in [0.1, 0.15) is 32.4 Å². The van der Waals surface area contributed by atoms with Crippen LogP contribution < -0.4 is 16.4 Å². The molecule has 0 spiro atoms. The fourth-order valence-corrected chi connectivity index (χ4v) is 2.61. The van der Waals surface area contributed by atoms with Gasteiger partial charge in [0, 0.05) is 11.8 Å². The second-order valence-electron chi connectivity index (χ2n) is 7.20. The van der Waals surface area contributed by atoms with E-state index in [1.807, 2.05) is 6.07 Å². The van der Waals surface area contributed by atoms with Gasteiger partial charge in [0.05, 0.1) is 5.52 Å². The fourth-order valence-electron chi connectivity index (χ4n) is 2.61. The average molecular weight is 383 g/mol. The van der Waals surface area contributed by atoms with Crippen LogP contribution in [0.3, 0.4) is 0 Å². The van der Waals surface area contributed by atoms with Crippen LogP contribution in [-0.4, -0.2) is 22.6 Å². The number of oxazole rings is 1. The Bertz CT molecular complexity index is 1050. The first-order valence-electron chi connectivity index (χ1n) is 8.69. The highest BCUT2D eigenvalue weighted by Crippen LogP contribution is 2.20. The van der Waals surface area contributed by atoms with E-state index in [4.69, 9.17) is 9.15 Å². The summed E-state index contributed by atoms with van der Waals surface area (Å²) in [6.45, 7) is 5.22. The minimum Gasteiger partial charge on any atom is -0.444 e. The maximum atomic E-state index is 12.9. The number of hydrogen-bond donors (Lipinski definition) is 3. The van der Waals surface area contributed by atoms with Gasteiger partial charge in [-0.25, -0.2) is 9.59 Å². The van der Waals surface area contributed by atoms with E-state index in [0.29, 0.717) is 22.4 Å². The standard InChI is InChI=1S/C20H21N3O5/c1-20(2,3)28-19(26)23-16(12-7-5-4-6-8-12)17(24)21-13-9-10-14-15(11-13)27-18(25)22-14/h4-11,16H,1-3H3,(H,21,24)(H,22,25)(H,23,26). The molecule has 1 aromatic heterocycles. The van der Waals surface area contributed by atoms with Crippen LogP contribution in [0.4, 0.5) is 10.5 Å². The predicted octanol–water partition coefficient (Wildman–Crippen LogP) is 3.33. The summed E-state index contributed by atoms with van der Waals surface area (Å²) >= 11 is 0. The number of aromatic nitrogens is 1. The Labute approximate surface area is 160 Å². The van der Waals surface area contributed by atoms with Crippen LogP contribution in [0.25, 0.3) is 11.1 Å². The van der Waals surface area contributed by atoms with Crippen LogP contribution in [0.2, 0.25) is 0 Å². The van der Waals surface area contributed by atoms with Gasteiger partial charge < -0.3 is 19.8 Å². The Balaban J connectivity index is 1.82. The van der Waals surface area contributed by atoms with Gasteiger partial charge in [0.1, 0.15) is 11.6 Å². The first-order valence-corrected chi connectivity index (χ1v) is 8.69. The molecule has 0 fully saturated rings. The number of amides is 2. The highest BCUT2D eigenvalue weighted by molar-refractivity contribution is 5.98. The quantitative estimate of drug-likeness (QED) is 0.639. The molecule has 28 heavy (non-hydrogen) atoms. The molecular formula is C20H21N3O5. The van der Waals surface area contributed by atoms with Crippen molar-refractivity contribution < 1.29 is 18.7 Å². The normalized spacial score (nSPS) is 12.4. The number of carbonyl (C=O) groups excluding carboxylic acids is 2. The molecule has 0 aliphatic heterocycles. The van der Waals surface area contributed by atoms with Gasteiger partial charge in [-0.2, -0.15) is 0 Å². The van der Waals surface area contributed by atoms with Crippen molar-refractivity contribution >= 4 is 28.8 Å². The van der Waals surface area contributed by atoms with Crippen molar-refractivity contribution in [3.63, 3.8) is 0 Å². The summed E-state index contributed by atoms with van der Waals surface area (Å²) < 4.78 is 10.3. The van der Waals surface area contributed by atoms with Gasteiger partial charge in [-0.05, 0) is 38.5 Å². The topological polar surface area (TPSA) is 113 Å². The number of benzene rings is 2. The molecule has 3 rings (SSSR count). The second kappa shape index (κ2) is 7.59. The third-order valence-corrected chi connectivity index (χ3v) is 3.74. The Morgan fingerprint density at radius 1 is 1.11 bits per heavy atom. The molecule has 1 atom stereocenters. The molecule has 0 saturated carbocycles. The zero-order chi connectivity index (χ0) is 20.3. The zero-order valence-electron chi connectivity index (χ0n) is 15.7. The summed E-state index contributed by atoms with van der Waals surface area (Å²) in [5, 5.41) is 5.32. The van der Waals surface area contributed by atoms with Crippen LogP contribution in [0.15, 0.2) is 57.7 Å². The van der Waals surface area contributed by atoms with E-state index in [-0.39, 0.29) is 0 Å². The van der Waals surface area contributed by atoms with Crippen LogP contribution >= 0.6 is 0 Å². The number of nitrogens with one attached hydrogen (secondary N) is 3. The summed E-state index contributed by atoms with van der Waals surface area (Å²) in [5.41, 5.74) is 1.17. The number of ether oxygens (including phenoxy) is 1. The molecule has 2 amide bonds. The van der Waals surface area contributed by atoms with Gasteiger partial charge in [0.15, 0.2) is 5.58 Å². The molecule has 3 N–H and O–H groups in total. The number of anilines is 1. The lowest BCUT2D eigenvalue weighted by molar-refractivity contribution is -0.118. The number of carbonyl (C=O) groups is 2. The number of alkyl carbamates (subject to hydrolysis) is 1. The third kappa shape index (κ3) is 4.79. The van der Waals surface area contributed by atoms with Crippen LogP contribution in [-0.2, 0) is 9.53 Å². The van der Waals surface area contributed by atoms with Crippen molar-refractivity contribution in [3.05, 3.63) is 64.6 Å². The molecule has 0 bridgehead atoms. The number of H-pyrrole nitrogens is 1. The van der Waals surface area contributed by atoms with E-state index in [1.54, 1.807) is 57.2 Å². The largest absolute Gasteiger partial charge is 0.444 e. The van der Waals surface area contributed by atoms with Gasteiger partial charge in [0.25, 0.3) is 5.91 Å². The molecule has 0 radical (unpaired) electrons. The molecule has 0 saturated heterocycles. The van der Waals surface area contributed by atoms with E-state index < -0.39 is 29.4 Å². The first kappa shape index (κ1) is 19.2. The maximum absolute atomic E-state index is 12.9. The average Bonchev–Trinajstić information content (AvgIpc) is 2.98. The van der Waals surface area contributed by atoms with Gasteiger partial charge in [-0.15, -0.1) is 0 Å². The molecule has 0 aliphatic rings. The summed E-state index contributed by atoms with van der Waals surface area (Å²) in [6, 6.07) is 12.6. The number of rotatable bonds is 4. The van der Waals surface area contributed by atoms with Crippen molar-refractivity contribution in [2.45, 2.75) is 32.4 Å². The lowest BCUT2D eigenvalue weighted by Gasteiger charge is -2.23. The number of hydrogen-bond acceptors (Lipinski definition) is 5. The molecule has 8 heteroatoms. The zero-order valence-corrected chi connectivity index (χ0v) is 15.7. The van der Waals surface area contributed by atoms with Crippen molar-refractivity contribution in [3.8, 4) is 0 Å². The molecule has 1 unspecified atom stereocenters. The van der Waals surface area contributed by atoms with E-state index in [2.05, 4.69) is 15.6 Å². The van der Waals surface area contributed by atoms with Crippen molar-refractivity contribution in [1.29, 1.82) is 0 Å². The summed E-state index contributed by atoms with van der Waals surface area (Å²) in [7, 11) is 0. The minimum absolute atomic E-state index is 0.319. The van der Waals surface area contributed by atoms with E-state index in [0.717, 1.165) is 0 Å². The Morgan fingerprint density at radius 2 is 1.82 bits per heavy atom. The third-order valence-electron chi connectivity index (χ3n) is 3.74. The second-order valence-corrected chi connectivity index (χ2v) is 7.20. The SMILES string of the molecule is CC(C)(C)OC(=O)NC(C(=O)Nc1ccc2[nH]c(=O)oc2c1)c1ccccc1. The van der Waals surface area contributed by atoms with E-state index in [1.165, 1.54) is 6.07 Å². The maximum Gasteiger partial charge on any atom is 0.417 e. The highest BCUT2D eigenvalue weighted by Gasteiger charge is 2.26. The first-order chi connectivity index (χ1) is 13.2. The fraction of sp³-hybridized carbons (Fsp3) is 0.250. The number of fused-ring (bicyclic) bond motifs is 1. The molecular weight excluding hydrogens is 362 g/mol. The summed E-state index contributed by atoms with van der Waals surface area (Å²) in [6.07, 6.45) is -0.705. The molecule has 0 aliphatic carbocycles. The number of aromatic amines is 1. The molecule has 1 heterocycles. The van der Waals surface area contributed by atoms with Crippen LogP contribution in [0.5, 0.6) is 0 Å². The van der Waals surface area contributed by atoms with E-state index in [9.17, 15) is 14.4 Å². The summed E-state index contributed by atoms with van der Waals surface area (Å²) in [4.78, 5) is 38.9. The Morgan fingerprint density at radius 3 is 2.50 bits per heavy atom. The van der Waals surface area contributed by atoms with Crippen LogP contribution in [0, 0.1) is 0 Å². The van der Waals surface area contributed by atoms with Gasteiger partial charge in [0.2, 0.25) is 0 Å². The summed E-state index contributed by atoms with van der Waals surface area (Å²) in [5.74, 6) is -1.04. The van der Waals surface area contributed by atoms with Crippen molar-refractivity contribution in [1.82, 2.24) is 10.3 Å². The Kier molecular flexibility index (Phi) is 5.21. The molecule has 8 nitrogen and oxygen atoms in total. The van der Waals surface area contributed by atoms with Gasteiger partial charge >= 0.3 is 11.8 Å². The minimum atomic E-state index is -0.968. The molecule has 3 aromatic rings. The highest BCUT2D eigenvalue weighted by atomic mass is 16.6. The predicted molar refractivity (Wildman–Crippen MR) is 104 cm³/mol. The lowest BCUT2D eigenvalue weighted by Crippen LogP contribution is -2.40. The van der Waals surface area contributed by atoms with Gasteiger partial charge in [-0.1, -0.05) is 30.3 Å². The lowest BCUT2D eigenvalue weighted by atomic mass is 10.1. The van der Waals surface area contributed by atoms with E-state index >= 15 is 0 Å². The molecule has 146 valence electrons. The smallest absolute Gasteiger partial charge is 0.417 e.